The maximum absolute atomic E-state index is 5.88. The molecule has 3 aromatic rings. The number of aromatic nitrogens is 3. The van der Waals surface area contributed by atoms with Crippen LogP contribution in [0.5, 0.6) is 0 Å². The molecule has 1 aromatic carbocycles. The number of nitrogens with zero attached hydrogens (tertiary/aromatic N) is 5. The van der Waals surface area contributed by atoms with Crippen molar-refractivity contribution in [1.82, 2.24) is 19.2 Å². The third-order valence-corrected chi connectivity index (χ3v) is 7.20. The summed E-state index contributed by atoms with van der Waals surface area (Å²) in [6.45, 7) is 6.42. The third-order valence-electron chi connectivity index (χ3n) is 5.90. The van der Waals surface area contributed by atoms with E-state index >= 15 is 0 Å². The maximum atomic E-state index is 5.88. The molecule has 0 N–H and O–H groups in total. The smallest absolute Gasteiger partial charge is 0.199 e. The lowest BCUT2D eigenvalue weighted by atomic mass is 10.2. The molecule has 2 saturated heterocycles. The van der Waals surface area contributed by atoms with Crippen LogP contribution >= 0.6 is 23.6 Å². The van der Waals surface area contributed by atoms with Crippen LogP contribution in [0.2, 0.25) is 0 Å². The van der Waals surface area contributed by atoms with Gasteiger partial charge in [0.1, 0.15) is 0 Å². The number of rotatable bonds is 6. The zero-order valence-electron chi connectivity index (χ0n) is 17.0. The van der Waals surface area contributed by atoms with Crippen LogP contribution in [0.15, 0.2) is 47.8 Å². The molecule has 1 atom stereocenters. The molecule has 5 rings (SSSR count). The van der Waals surface area contributed by atoms with E-state index in [1.54, 1.807) is 11.3 Å². The van der Waals surface area contributed by atoms with Gasteiger partial charge in [0.2, 0.25) is 0 Å². The van der Waals surface area contributed by atoms with Crippen LogP contribution in [0.1, 0.15) is 12.8 Å². The van der Waals surface area contributed by atoms with E-state index in [1.165, 1.54) is 5.69 Å². The fourth-order valence-electron chi connectivity index (χ4n) is 4.25. The zero-order chi connectivity index (χ0) is 20.3. The van der Waals surface area contributed by atoms with E-state index in [9.17, 15) is 0 Å². The van der Waals surface area contributed by atoms with Gasteiger partial charge in [-0.1, -0.05) is 24.3 Å². The quantitative estimate of drug-likeness (QED) is 0.539. The summed E-state index contributed by atoms with van der Waals surface area (Å²) in [6.07, 6.45) is 2.47. The monoisotopic (exact) mass is 441 g/mol. The highest BCUT2D eigenvalue weighted by Crippen LogP contribution is 2.26. The summed E-state index contributed by atoms with van der Waals surface area (Å²) in [7, 11) is 0. The molecule has 158 valence electrons. The molecular formula is C22H27N5OS2. The molecule has 8 heteroatoms. The normalized spacial score (nSPS) is 20.1. The molecule has 2 fully saturated rings. The van der Waals surface area contributed by atoms with Gasteiger partial charge in [0, 0.05) is 38.5 Å². The molecule has 0 amide bonds. The fourth-order valence-corrected chi connectivity index (χ4v) is 5.23. The number of hydrogen-bond acceptors (Lipinski definition) is 6. The van der Waals surface area contributed by atoms with Gasteiger partial charge in [-0.3, -0.25) is 9.47 Å². The Morgan fingerprint density at radius 2 is 1.90 bits per heavy atom. The van der Waals surface area contributed by atoms with E-state index in [0.29, 0.717) is 0 Å². The number of piperazine rings is 1. The molecule has 30 heavy (non-hydrogen) atoms. The van der Waals surface area contributed by atoms with Crippen LogP contribution in [-0.4, -0.2) is 58.1 Å². The van der Waals surface area contributed by atoms with Crippen molar-refractivity contribution in [3.8, 4) is 10.7 Å². The van der Waals surface area contributed by atoms with Gasteiger partial charge in [0.25, 0.3) is 0 Å². The third kappa shape index (κ3) is 4.23. The lowest BCUT2D eigenvalue weighted by molar-refractivity contribution is 0.0966. The lowest BCUT2D eigenvalue weighted by Gasteiger charge is -2.35. The molecule has 0 unspecified atom stereocenters. The number of ether oxygens (including phenoxy) is 1. The van der Waals surface area contributed by atoms with Crippen LogP contribution in [0, 0.1) is 4.77 Å². The van der Waals surface area contributed by atoms with Crippen molar-refractivity contribution in [2.45, 2.75) is 32.2 Å². The fraction of sp³-hybridized carbons (Fsp3) is 0.455. The molecule has 0 spiro atoms. The lowest BCUT2D eigenvalue weighted by Crippen LogP contribution is -2.47. The molecule has 0 bridgehead atoms. The van der Waals surface area contributed by atoms with E-state index < -0.39 is 0 Å². The summed E-state index contributed by atoms with van der Waals surface area (Å²) in [6, 6.07) is 14.8. The minimum atomic E-state index is 0.238. The van der Waals surface area contributed by atoms with E-state index in [2.05, 4.69) is 62.2 Å². The Labute approximate surface area is 186 Å². The predicted octanol–water partition coefficient (Wildman–Crippen LogP) is 4.10. The number of thiophene rings is 1. The molecule has 0 radical (unpaired) electrons. The first-order valence-corrected chi connectivity index (χ1v) is 11.9. The van der Waals surface area contributed by atoms with Gasteiger partial charge in [0.15, 0.2) is 10.6 Å². The Kier molecular flexibility index (Phi) is 5.99. The standard InChI is InChI=1S/C22H27N5OS2/c29-22-26(16-19-8-4-14-28-19)21(20-9-5-15-30-20)23-27(22)17-24-10-12-25(13-11-24)18-6-2-1-3-7-18/h1-3,5-7,9,15,19H,4,8,10-14,16-17H2/t19-/m1/s1. The number of benzene rings is 1. The van der Waals surface area contributed by atoms with Gasteiger partial charge in [-0.2, -0.15) is 0 Å². The summed E-state index contributed by atoms with van der Waals surface area (Å²) in [4.78, 5) is 6.05. The second-order valence-corrected chi connectivity index (χ2v) is 9.22. The summed E-state index contributed by atoms with van der Waals surface area (Å²) in [5, 5.41) is 7.03. The molecule has 4 heterocycles. The summed E-state index contributed by atoms with van der Waals surface area (Å²) >= 11 is 7.58. The number of para-hydroxylation sites is 1. The highest BCUT2D eigenvalue weighted by Gasteiger charge is 2.23. The molecule has 6 nitrogen and oxygen atoms in total. The van der Waals surface area contributed by atoms with Crippen molar-refractivity contribution in [3.05, 3.63) is 52.6 Å². The minimum Gasteiger partial charge on any atom is -0.376 e. The van der Waals surface area contributed by atoms with Gasteiger partial charge in [-0.05, 0) is 48.6 Å². The average Bonchev–Trinajstić information content (AvgIpc) is 3.54. The Hall–Kier alpha value is -2.00. The van der Waals surface area contributed by atoms with E-state index in [0.717, 1.165) is 74.3 Å². The number of anilines is 1. The van der Waals surface area contributed by atoms with Gasteiger partial charge in [-0.25, -0.2) is 4.68 Å². The van der Waals surface area contributed by atoms with Crippen molar-refractivity contribution >= 4 is 29.2 Å². The predicted molar refractivity (Wildman–Crippen MR) is 124 cm³/mol. The van der Waals surface area contributed by atoms with Crippen molar-refractivity contribution in [2.75, 3.05) is 37.7 Å². The first-order valence-electron chi connectivity index (χ1n) is 10.6. The minimum absolute atomic E-state index is 0.238. The van der Waals surface area contributed by atoms with Gasteiger partial charge in [0.05, 0.1) is 24.2 Å². The molecule has 2 aliphatic heterocycles. The van der Waals surface area contributed by atoms with Crippen LogP contribution < -0.4 is 4.90 Å². The van der Waals surface area contributed by atoms with Crippen molar-refractivity contribution < 1.29 is 4.74 Å². The first-order chi connectivity index (χ1) is 14.8. The van der Waals surface area contributed by atoms with Crippen molar-refractivity contribution in [3.63, 3.8) is 0 Å². The highest BCUT2D eigenvalue weighted by atomic mass is 32.1. The molecule has 2 aliphatic rings. The van der Waals surface area contributed by atoms with Crippen LogP contribution in [0.3, 0.4) is 0 Å². The van der Waals surface area contributed by atoms with E-state index in [-0.39, 0.29) is 6.10 Å². The van der Waals surface area contributed by atoms with E-state index in [1.807, 2.05) is 4.68 Å². The summed E-state index contributed by atoms with van der Waals surface area (Å²) < 4.78 is 10.8. The van der Waals surface area contributed by atoms with Gasteiger partial charge >= 0.3 is 0 Å². The maximum Gasteiger partial charge on any atom is 0.199 e. The molecule has 0 saturated carbocycles. The second-order valence-electron chi connectivity index (χ2n) is 7.91. The Bertz CT molecular complexity index is 1000. The zero-order valence-corrected chi connectivity index (χ0v) is 18.7. The SMILES string of the molecule is S=c1n(CN2CCN(c3ccccc3)CC2)nc(-c2cccs2)n1C[C@H]1CCCO1. The second kappa shape index (κ2) is 9.01. The Balaban J connectivity index is 1.32. The van der Waals surface area contributed by atoms with Crippen LogP contribution in [-0.2, 0) is 18.0 Å². The summed E-state index contributed by atoms with van der Waals surface area (Å²) in [5.74, 6) is 0.966. The topological polar surface area (TPSA) is 38.5 Å². The highest BCUT2D eigenvalue weighted by molar-refractivity contribution is 7.71. The van der Waals surface area contributed by atoms with Crippen LogP contribution in [0.25, 0.3) is 10.7 Å². The Morgan fingerprint density at radius 1 is 1.07 bits per heavy atom. The average molecular weight is 442 g/mol. The largest absolute Gasteiger partial charge is 0.376 e. The van der Waals surface area contributed by atoms with Gasteiger partial charge < -0.3 is 9.64 Å². The Morgan fingerprint density at radius 3 is 2.60 bits per heavy atom. The van der Waals surface area contributed by atoms with E-state index in [4.69, 9.17) is 22.1 Å². The molecule has 2 aromatic heterocycles. The number of hydrogen-bond donors (Lipinski definition) is 0. The van der Waals surface area contributed by atoms with Crippen LogP contribution in [0.4, 0.5) is 5.69 Å². The molecule has 0 aliphatic carbocycles. The van der Waals surface area contributed by atoms with Crippen molar-refractivity contribution in [1.29, 1.82) is 0 Å². The van der Waals surface area contributed by atoms with Gasteiger partial charge in [-0.15, -0.1) is 16.4 Å². The molecular weight excluding hydrogens is 414 g/mol. The first kappa shape index (κ1) is 19.9. The van der Waals surface area contributed by atoms with Crippen molar-refractivity contribution in [2.24, 2.45) is 0 Å². The summed E-state index contributed by atoms with van der Waals surface area (Å²) in [5.41, 5.74) is 1.30.